The van der Waals surface area contributed by atoms with E-state index in [2.05, 4.69) is 52.5 Å². The van der Waals surface area contributed by atoms with E-state index in [1.165, 1.54) is 0 Å². The van der Waals surface area contributed by atoms with Crippen LogP contribution in [0.5, 0.6) is 0 Å². The molecule has 0 saturated heterocycles. The Kier molecular flexibility index (Phi) is 32.8. The highest BCUT2D eigenvalue weighted by atomic mass is 16.4. The summed E-state index contributed by atoms with van der Waals surface area (Å²) in [4.78, 5) is 132. The van der Waals surface area contributed by atoms with E-state index in [1.54, 1.807) is 85.7 Å². The van der Waals surface area contributed by atoms with Crippen LogP contribution in [0.4, 0.5) is 0 Å². The molecule has 0 fully saturated rings. The molecular formula is C54H96N16O10. The number of aliphatic carboxylic acids is 1. The molecule has 1 aromatic carbocycles. The van der Waals surface area contributed by atoms with Gasteiger partial charge in [0.15, 0.2) is 11.9 Å². The van der Waals surface area contributed by atoms with Crippen LogP contribution in [-0.2, 0) is 49.6 Å². The highest BCUT2D eigenvalue weighted by Gasteiger charge is 2.37. The number of nitrogens with zero attached hydrogens (tertiary/aromatic N) is 2. The van der Waals surface area contributed by atoms with Gasteiger partial charge in [0.1, 0.15) is 48.3 Å². The minimum atomic E-state index is -1.38. The molecule has 1 rings (SSSR count). The number of nitrogens with one attached hydrogen (secondary N) is 8. The second-order valence-corrected chi connectivity index (χ2v) is 21.7. The van der Waals surface area contributed by atoms with Crippen molar-refractivity contribution in [1.29, 1.82) is 0 Å². The van der Waals surface area contributed by atoms with Crippen molar-refractivity contribution in [2.75, 3.05) is 19.6 Å². The Balaban J connectivity index is 3.57. The lowest BCUT2D eigenvalue weighted by atomic mass is 9.95. The maximum atomic E-state index is 14.4. The van der Waals surface area contributed by atoms with Crippen molar-refractivity contribution in [2.45, 2.75) is 188 Å². The molecule has 10 atom stereocenters. The molecule has 8 amide bonds. The summed E-state index contributed by atoms with van der Waals surface area (Å²) < 4.78 is 0. The predicted molar refractivity (Wildman–Crippen MR) is 307 cm³/mol. The van der Waals surface area contributed by atoms with E-state index in [-0.39, 0.29) is 87.7 Å². The van der Waals surface area contributed by atoms with Crippen LogP contribution in [0.3, 0.4) is 0 Å². The number of hydrogen-bond acceptors (Lipinski definition) is 13. The fourth-order valence-electron chi connectivity index (χ4n) is 8.22. The fraction of sp³-hybridized carbons (Fsp3) is 0.685. The Bertz CT molecular complexity index is 2200. The standard InChI is InChI=1S/C54H96N16O10/c1-11-33(10)43(70-46(73)35(21-15-16-24-55)64-47(74)38(27-29(2)3)66-50(77)41(31(6)7)68-48(75)40(56)30(4)5)51(78)69-42(32(8)9)49(76)65-37(23-18-26-62-54(59)60)44(71)63-36(22-17-25-61-53(57)58)45(72)67-39(52(79)80)28-34-19-13-12-14-20-34/h12-14,19-20,29-33,35-43H,11,15-18,21-28,55-56H2,1-10H3,(H,63,71)(H,64,74)(H,65,76)(H,66,77)(H,67,72)(H,68,75)(H,69,78)(H,70,73)(H,79,80)(H4,57,58,61)(H4,59,60,62)/t33-,35-,36-,37-,38-,39-,40-,41-,42-,43-/m0/s1. The second-order valence-electron chi connectivity index (χ2n) is 21.7. The number of carbonyl (C=O) groups excluding carboxylic acids is 8. The zero-order valence-corrected chi connectivity index (χ0v) is 48.6. The van der Waals surface area contributed by atoms with Crippen LogP contribution in [0.15, 0.2) is 40.3 Å². The number of aliphatic imine (C=N–C) groups is 2. The first-order chi connectivity index (χ1) is 37.5. The number of benzene rings is 1. The third kappa shape index (κ3) is 26.7. The number of carbonyl (C=O) groups is 9. The number of rotatable bonds is 38. The largest absolute Gasteiger partial charge is 0.480 e. The number of hydrogen-bond donors (Lipinski definition) is 15. The quantitative estimate of drug-likeness (QED) is 0.0210. The molecule has 0 radical (unpaired) electrons. The van der Waals surface area contributed by atoms with E-state index < -0.39 is 119 Å². The van der Waals surface area contributed by atoms with Crippen molar-refractivity contribution >= 4 is 65.1 Å². The van der Waals surface area contributed by atoms with Gasteiger partial charge < -0.3 is 82.0 Å². The van der Waals surface area contributed by atoms with E-state index >= 15 is 0 Å². The minimum Gasteiger partial charge on any atom is -0.480 e. The molecule has 0 unspecified atom stereocenters. The first kappa shape index (κ1) is 70.9. The summed E-state index contributed by atoms with van der Waals surface area (Å²) >= 11 is 0. The lowest BCUT2D eigenvalue weighted by Gasteiger charge is -2.31. The molecule has 1 aromatic rings. The van der Waals surface area contributed by atoms with E-state index in [4.69, 9.17) is 34.4 Å². The Morgan fingerprint density at radius 3 is 1.29 bits per heavy atom. The highest BCUT2D eigenvalue weighted by molar-refractivity contribution is 5.98. The van der Waals surface area contributed by atoms with Gasteiger partial charge in [-0.05, 0) is 93.1 Å². The molecule has 0 spiro atoms. The molecule has 0 saturated carbocycles. The first-order valence-corrected chi connectivity index (χ1v) is 27.8. The molecule has 0 aromatic heterocycles. The summed E-state index contributed by atoms with van der Waals surface area (Å²) in [5.41, 5.74) is 34.6. The van der Waals surface area contributed by atoms with Crippen LogP contribution in [0.25, 0.3) is 0 Å². The van der Waals surface area contributed by atoms with Gasteiger partial charge in [-0.1, -0.05) is 106 Å². The SMILES string of the molecule is CC[C@H](C)[C@H](NC(=O)[C@H](CCCCN)NC(=O)[C@H](CC(C)C)NC(=O)[C@@H](NC(=O)[C@@H](N)C(C)C)C(C)C)C(=O)N[C@H](C(=O)N[C@@H](CCCN=C(N)N)C(=O)N[C@@H](CCCN=C(N)N)C(=O)N[C@@H](Cc1ccccc1)C(=O)O)C(C)C. The van der Waals surface area contributed by atoms with Crippen LogP contribution >= 0.6 is 0 Å². The lowest BCUT2D eigenvalue weighted by molar-refractivity contribution is -0.142. The third-order valence-electron chi connectivity index (χ3n) is 13.3. The van der Waals surface area contributed by atoms with Gasteiger partial charge in [-0.15, -0.1) is 0 Å². The Hall–Kier alpha value is -7.09. The van der Waals surface area contributed by atoms with Crippen molar-refractivity contribution in [3.8, 4) is 0 Å². The number of unbranched alkanes of at least 4 members (excludes halogenated alkanes) is 1. The van der Waals surface area contributed by atoms with Crippen molar-refractivity contribution in [1.82, 2.24) is 42.5 Å². The molecule has 0 aliphatic rings. The van der Waals surface area contributed by atoms with E-state index in [9.17, 15) is 48.3 Å². The van der Waals surface area contributed by atoms with Crippen molar-refractivity contribution < 1.29 is 48.3 Å². The van der Waals surface area contributed by atoms with Gasteiger partial charge in [-0.2, -0.15) is 0 Å². The summed E-state index contributed by atoms with van der Waals surface area (Å²) in [5, 5.41) is 31.8. The van der Waals surface area contributed by atoms with Crippen molar-refractivity contribution in [2.24, 2.45) is 74.0 Å². The molecule has 26 nitrogen and oxygen atoms in total. The highest BCUT2D eigenvalue weighted by Crippen LogP contribution is 2.15. The topological polar surface area (TPSA) is 451 Å². The second kappa shape index (κ2) is 37.0. The maximum Gasteiger partial charge on any atom is 0.326 e. The van der Waals surface area contributed by atoms with Crippen LogP contribution < -0.4 is 76.9 Å². The first-order valence-electron chi connectivity index (χ1n) is 27.8. The van der Waals surface area contributed by atoms with E-state index in [0.29, 0.717) is 31.4 Å². The molecule has 0 bridgehead atoms. The Morgan fingerprint density at radius 1 is 0.487 bits per heavy atom. The lowest BCUT2D eigenvalue weighted by Crippen LogP contribution is -2.62. The van der Waals surface area contributed by atoms with Crippen molar-refractivity contribution in [3.05, 3.63) is 35.9 Å². The summed E-state index contributed by atoms with van der Waals surface area (Å²) in [6.07, 6.45) is 1.75. The Morgan fingerprint density at radius 2 is 0.875 bits per heavy atom. The number of amides is 8. The maximum absolute atomic E-state index is 14.4. The van der Waals surface area contributed by atoms with E-state index in [1.807, 2.05) is 13.8 Å². The smallest absolute Gasteiger partial charge is 0.326 e. The van der Waals surface area contributed by atoms with Gasteiger partial charge in [0.05, 0.1) is 6.04 Å². The van der Waals surface area contributed by atoms with Gasteiger partial charge in [0.25, 0.3) is 0 Å². The van der Waals surface area contributed by atoms with Crippen LogP contribution in [0.1, 0.15) is 133 Å². The van der Waals surface area contributed by atoms with Crippen LogP contribution in [0.2, 0.25) is 0 Å². The molecule has 452 valence electrons. The zero-order chi connectivity index (χ0) is 60.8. The number of nitrogens with two attached hydrogens (primary N) is 6. The average Bonchev–Trinajstić information content (AvgIpc) is 3.38. The summed E-state index contributed by atoms with van der Waals surface area (Å²) in [7, 11) is 0. The summed E-state index contributed by atoms with van der Waals surface area (Å²) in [5.74, 6) is -9.23. The molecule has 21 N–H and O–H groups in total. The third-order valence-corrected chi connectivity index (χ3v) is 13.3. The normalized spacial score (nSPS) is 15.1. The van der Waals surface area contributed by atoms with E-state index in [0.717, 1.165) is 0 Å². The van der Waals surface area contributed by atoms with Gasteiger partial charge in [-0.3, -0.25) is 48.3 Å². The predicted octanol–water partition coefficient (Wildman–Crippen LogP) is -1.18. The van der Waals surface area contributed by atoms with Gasteiger partial charge in [0.2, 0.25) is 47.3 Å². The minimum absolute atomic E-state index is 0.0467. The van der Waals surface area contributed by atoms with Gasteiger partial charge in [0, 0.05) is 19.5 Å². The van der Waals surface area contributed by atoms with Gasteiger partial charge in [-0.25, -0.2) is 4.79 Å². The Labute approximate surface area is 471 Å². The van der Waals surface area contributed by atoms with Gasteiger partial charge >= 0.3 is 5.97 Å². The number of carboxylic acids is 1. The molecule has 26 heteroatoms. The van der Waals surface area contributed by atoms with Crippen molar-refractivity contribution in [3.63, 3.8) is 0 Å². The molecule has 0 heterocycles. The molecule has 80 heavy (non-hydrogen) atoms. The zero-order valence-electron chi connectivity index (χ0n) is 48.6. The van der Waals surface area contributed by atoms with Crippen LogP contribution in [-0.4, -0.2) is 144 Å². The number of guanidine groups is 2. The molecular weight excluding hydrogens is 1030 g/mol. The van der Waals surface area contributed by atoms with Crippen LogP contribution in [0, 0.1) is 29.6 Å². The monoisotopic (exact) mass is 1130 g/mol. The number of carboxylic acid groups (broad SMARTS) is 1. The molecule has 0 aliphatic carbocycles. The summed E-state index contributed by atoms with van der Waals surface area (Å²) in [6, 6.07) is -2.22. The molecule has 0 aliphatic heterocycles. The fourth-order valence-corrected chi connectivity index (χ4v) is 8.22. The average molecular weight is 1130 g/mol. The summed E-state index contributed by atoms with van der Waals surface area (Å²) in [6.45, 7) is 18.0.